The van der Waals surface area contributed by atoms with Crippen LogP contribution in [0.15, 0.2) is 132 Å². The molecule has 0 saturated carbocycles. The molecule has 5 aromatic rings. The molecule has 9 nitrogen and oxygen atoms in total. The third kappa shape index (κ3) is 16.2. The van der Waals surface area contributed by atoms with Crippen molar-refractivity contribution >= 4 is 15.9 Å². The van der Waals surface area contributed by atoms with E-state index < -0.39 is 28.3 Å². The average molecular weight is 944 g/mol. The minimum atomic E-state index is -3.96. The maximum Gasteiger partial charge on any atom is 0.241 e. The number of aliphatic hydroxyl groups is 1. The number of ether oxygens (including phenoxy) is 2. The fourth-order valence-corrected chi connectivity index (χ4v) is 10.3. The van der Waals surface area contributed by atoms with Crippen LogP contribution in [-0.4, -0.2) is 56.1 Å². The lowest BCUT2D eigenvalue weighted by molar-refractivity contribution is -0.276. The van der Waals surface area contributed by atoms with Crippen LogP contribution >= 0.6 is 0 Å². The summed E-state index contributed by atoms with van der Waals surface area (Å²) in [6, 6.07) is 39.6. The minimum absolute atomic E-state index is 0.000428. The van der Waals surface area contributed by atoms with Crippen LogP contribution in [0.3, 0.4) is 0 Å². The number of sulfonamides is 1. The van der Waals surface area contributed by atoms with Crippen LogP contribution in [0.5, 0.6) is 0 Å². The van der Waals surface area contributed by atoms with Crippen LogP contribution in [0.2, 0.25) is 0 Å². The summed E-state index contributed by atoms with van der Waals surface area (Å²) in [5.74, 6) is -0.303. The van der Waals surface area contributed by atoms with E-state index in [1.54, 1.807) is 24.3 Å². The van der Waals surface area contributed by atoms with Crippen LogP contribution in [0.25, 0.3) is 11.1 Å². The summed E-state index contributed by atoms with van der Waals surface area (Å²) in [6.07, 6.45) is 14.7. The van der Waals surface area contributed by atoms with Gasteiger partial charge in [0.1, 0.15) is 6.04 Å². The van der Waals surface area contributed by atoms with Crippen molar-refractivity contribution in [2.45, 2.75) is 154 Å². The lowest BCUT2D eigenvalue weighted by atomic mass is 9.89. The van der Waals surface area contributed by atoms with Crippen molar-refractivity contribution in [1.29, 1.82) is 0 Å². The van der Waals surface area contributed by atoms with Gasteiger partial charge in [-0.2, -0.15) is 4.72 Å². The van der Waals surface area contributed by atoms with Gasteiger partial charge in [0.15, 0.2) is 6.29 Å². The van der Waals surface area contributed by atoms with Gasteiger partial charge in [-0.25, -0.2) is 8.42 Å². The number of carbonyl (C=O) groups excluding carboxylic acids is 1. The summed E-state index contributed by atoms with van der Waals surface area (Å²) in [4.78, 5) is 16.5. The van der Waals surface area contributed by atoms with Gasteiger partial charge in [-0.05, 0) is 90.9 Å². The first kappa shape index (κ1) is 52.7. The van der Waals surface area contributed by atoms with Crippen molar-refractivity contribution in [3.63, 3.8) is 0 Å². The minimum Gasteiger partial charge on any atom is -0.392 e. The van der Waals surface area contributed by atoms with E-state index in [1.807, 2.05) is 67.6 Å². The smallest absolute Gasteiger partial charge is 0.241 e. The number of nitrogens with one attached hydrogen (secondary N) is 2. The van der Waals surface area contributed by atoms with Crippen LogP contribution in [0.1, 0.15) is 144 Å². The zero-order valence-electron chi connectivity index (χ0n) is 41.1. The third-order valence-corrected chi connectivity index (χ3v) is 14.8. The van der Waals surface area contributed by atoms with Gasteiger partial charge in [0.05, 0.1) is 23.7 Å². The van der Waals surface area contributed by atoms with Gasteiger partial charge in [-0.15, -0.1) is 0 Å². The molecule has 0 aromatic heterocycles. The Kier molecular flexibility index (Phi) is 21.3. The lowest BCUT2D eigenvalue weighted by Crippen LogP contribution is -2.47. The normalized spacial score (nSPS) is 17.9. The second kappa shape index (κ2) is 27.5. The van der Waals surface area contributed by atoms with Gasteiger partial charge >= 0.3 is 0 Å². The van der Waals surface area contributed by atoms with Crippen LogP contribution in [0.4, 0.5) is 0 Å². The Morgan fingerprint density at radius 3 is 1.90 bits per heavy atom. The van der Waals surface area contributed by atoms with Gasteiger partial charge in [0.25, 0.3) is 0 Å². The van der Waals surface area contributed by atoms with Gasteiger partial charge in [-0.3, -0.25) is 4.79 Å². The summed E-state index contributed by atoms with van der Waals surface area (Å²) in [5.41, 5.74) is 7.59. The Labute approximate surface area is 408 Å². The number of unbranched alkanes of at least 4 members (excludes halogenated alkanes) is 10. The molecule has 366 valence electrons. The molecule has 3 N–H and O–H groups in total. The fourth-order valence-electron chi connectivity index (χ4n) is 9.12. The molecule has 10 heteroatoms. The van der Waals surface area contributed by atoms with Crippen LogP contribution in [0, 0.1) is 12.8 Å². The Balaban J connectivity index is 1.15. The number of hydrogen-bond donors (Lipinski definition) is 3. The van der Waals surface area contributed by atoms with Crippen molar-refractivity contribution < 1.29 is 27.8 Å². The van der Waals surface area contributed by atoms with Crippen LogP contribution in [-0.2, 0) is 43.9 Å². The van der Waals surface area contributed by atoms with Gasteiger partial charge in [0.2, 0.25) is 15.9 Å². The van der Waals surface area contributed by atoms with E-state index in [0.717, 1.165) is 64.1 Å². The standard InChI is InChI=1S/C58H77N3O6S/c1-5-7-9-11-13-18-37-61(38-19-14-12-10-8-6-2)42-55-45(4)56(50-29-27-47(43-62)28-30-50)67-58(66-55)51-33-31-49(32-34-51)52-24-20-23-48(39-52)41-59-57(63)54(40-46-21-16-15-17-22-46)60-68(64,65)53-35-25-44(3)26-36-53/h15-17,20-36,39,45,54-56,58,60,62H,5-14,18-19,37-38,40-43H2,1-4H3,(H,59,63). The molecular weight excluding hydrogens is 867 g/mol. The molecule has 5 unspecified atom stereocenters. The highest BCUT2D eigenvalue weighted by Crippen LogP contribution is 2.42. The molecule has 5 aromatic carbocycles. The van der Waals surface area contributed by atoms with Gasteiger partial charge in [0, 0.05) is 24.6 Å². The number of aliphatic hydroxyl groups excluding tert-OH is 1. The molecule has 1 amide bonds. The SMILES string of the molecule is CCCCCCCCN(CCCCCCCC)CC1OC(c2ccc(-c3cccc(CNC(=O)C(Cc4ccccc4)NS(=O)(=O)c4ccc(C)cc4)c3)cc2)OC(c2ccc(CO)cc2)C1C. The second-order valence-electron chi connectivity index (χ2n) is 18.9. The number of rotatable bonds is 28. The molecular formula is C58H77N3O6S. The van der Waals surface area contributed by atoms with E-state index in [2.05, 4.69) is 78.2 Å². The largest absolute Gasteiger partial charge is 0.392 e. The molecule has 1 saturated heterocycles. The first-order valence-electron chi connectivity index (χ1n) is 25.4. The Bertz CT molecular complexity index is 2320. The molecule has 5 atom stereocenters. The number of hydrogen-bond acceptors (Lipinski definition) is 7. The molecule has 68 heavy (non-hydrogen) atoms. The van der Waals surface area contributed by atoms with Gasteiger partial charge < -0.3 is 24.8 Å². The number of benzene rings is 5. The zero-order chi connectivity index (χ0) is 48.1. The molecule has 1 aliphatic rings. The van der Waals surface area contributed by atoms with E-state index in [4.69, 9.17) is 9.47 Å². The van der Waals surface area contributed by atoms with E-state index in [9.17, 15) is 18.3 Å². The number of carbonyl (C=O) groups is 1. The van der Waals surface area contributed by atoms with Crippen molar-refractivity contribution in [3.05, 3.63) is 161 Å². The summed E-state index contributed by atoms with van der Waals surface area (Å²) >= 11 is 0. The molecule has 0 spiro atoms. The fraction of sp³-hybridized carbons (Fsp3) is 0.466. The lowest BCUT2D eigenvalue weighted by Gasteiger charge is -2.43. The maximum absolute atomic E-state index is 13.8. The van der Waals surface area contributed by atoms with Crippen molar-refractivity contribution in [2.24, 2.45) is 5.92 Å². The molecule has 0 bridgehead atoms. The summed E-state index contributed by atoms with van der Waals surface area (Å²) in [6.45, 7) is 11.9. The van der Waals surface area contributed by atoms with Gasteiger partial charge in [-0.1, -0.05) is 200 Å². The highest BCUT2D eigenvalue weighted by molar-refractivity contribution is 7.89. The molecule has 6 rings (SSSR count). The molecule has 0 aliphatic carbocycles. The summed E-state index contributed by atoms with van der Waals surface area (Å²) < 4.78 is 43.4. The number of nitrogens with zero attached hydrogens (tertiary/aromatic N) is 1. The molecule has 1 aliphatic heterocycles. The Hall–Kier alpha value is -4.68. The van der Waals surface area contributed by atoms with E-state index in [0.29, 0.717) is 0 Å². The van der Waals surface area contributed by atoms with Crippen molar-refractivity contribution in [1.82, 2.24) is 14.9 Å². The second-order valence-corrected chi connectivity index (χ2v) is 20.6. The predicted octanol–water partition coefficient (Wildman–Crippen LogP) is 12.2. The molecule has 1 heterocycles. The summed E-state index contributed by atoms with van der Waals surface area (Å²) in [7, 11) is -3.96. The average Bonchev–Trinajstić information content (AvgIpc) is 3.36. The topological polar surface area (TPSA) is 117 Å². The van der Waals surface area contributed by atoms with E-state index >= 15 is 0 Å². The Morgan fingerprint density at radius 2 is 1.26 bits per heavy atom. The highest BCUT2D eigenvalue weighted by Gasteiger charge is 2.39. The highest BCUT2D eigenvalue weighted by atomic mass is 32.2. The van der Waals surface area contributed by atoms with Crippen molar-refractivity contribution in [3.8, 4) is 11.1 Å². The number of aryl methyl sites for hydroxylation is 1. The quantitative estimate of drug-likeness (QED) is 0.0428. The monoisotopic (exact) mass is 944 g/mol. The van der Waals surface area contributed by atoms with E-state index in [1.165, 1.54) is 77.0 Å². The van der Waals surface area contributed by atoms with Crippen LogP contribution < -0.4 is 10.0 Å². The number of amides is 1. The third-order valence-electron chi connectivity index (χ3n) is 13.4. The first-order chi connectivity index (χ1) is 33.1. The predicted molar refractivity (Wildman–Crippen MR) is 275 cm³/mol. The van der Waals surface area contributed by atoms with Crippen molar-refractivity contribution in [2.75, 3.05) is 19.6 Å². The zero-order valence-corrected chi connectivity index (χ0v) is 41.9. The van der Waals surface area contributed by atoms with E-state index in [-0.39, 0.29) is 42.6 Å². The first-order valence-corrected chi connectivity index (χ1v) is 26.9. The summed E-state index contributed by atoms with van der Waals surface area (Å²) in [5, 5.41) is 12.8. The molecule has 1 fully saturated rings. The maximum atomic E-state index is 13.8. The Morgan fingerprint density at radius 1 is 0.662 bits per heavy atom. The molecule has 0 radical (unpaired) electrons.